The summed E-state index contributed by atoms with van der Waals surface area (Å²) in [5, 5.41) is 10.2. The maximum absolute atomic E-state index is 13.6. The van der Waals surface area contributed by atoms with Crippen molar-refractivity contribution < 1.29 is 19.0 Å². The molecule has 5 heteroatoms. The Balaban J connectivity index is 1.59. The highest BCUT2D eigenvalue weighted by Gasteiger charge is 2.44. The quantitative estimate of drug-likeness (QED) is 0.908. The zero-order valence-electron chi connectivity index (χ0n) is 12.6. The van der Waals surface area contributed by atoms with Crippen LogP contribution in [-0.4, -0.2) is 47.3 Å². The summed E-state index contributed by atoms with van der Waals surface area (Å²) in [4.78, 5) is 14.1. The molecule has 120 valence electrons. The monoisotopic (exact) mass is 307 g/mol. The van der Waals surface area contributed by atoms with Crippen LogP contribution in [0.15, 0.2) is 24.3 Å². The van der Waals surface area contributed by atoms with Gasteiger partial charge in [0.05, 0.1) is 18.1 Å². The van der Waals surface area contributed by atoms with E-state index in [-0.39, 0.29) is 18.1 Å². The number of carbonyl (C=O) groups is 1. The minimum absolute atomic E-state index is 0.0646. The summed E-state index contributed by atoms with van der Waals surface area (Å²) in [5.74, 6) is -0.402. The minimum atomic E-state index is -0.479. The number of ether oxygens (including phenoxy) is 1. The highest BCUT2D eigenvalue weighted by atomic mass is 19.1. The number of benzene rings is 1. The fourth-order valence-corrected chi connectivity index (χ4v) is 3.44. The standard InChI is InChI=1S/C17H22FNO3/c18-14-5-2-1-4-13(14)12-16(21)19-9-7-17(8-10-19)15(20)6-3-11-22-17/h1-2,4-5,15,20H,3,6-12H2. The molecule has 3 rings (SSSR count). The Kier molecular flexibility index (Phi) is 4.45. The van der Waals surface area contributed by atoms with Crippen LogP contribution in [0.1, 0.15) is 31.2 Å². The van der Waals surface area contributed by atoms with Crippen molar-refractivity contribution in [3.8, 4) is 0 Å². The van der Waals surface area contributed by atoms with Crippen LogP contribution in [0.5, 0.6) is 0 Å². The molecule has 1 atom stereocenters. The summed E-state index contributed by atoms with van der Waals surface area (Å²) in [6.07, 6.45) is 2.60. The van der Waals surface area contributed by atoms with Crippen molar-refractivity contribution in [2.75, 3.05) is 19.7 Å². The van der Waals surface area contributed by atoms with Crippen molar-refractivity contribution in [3.05, 3.63) is 35.6 Å². The molecule has 1 spiro atoms. The van der Waals surface area contributed by atoms with Crippen LogP contribution < -0.4 is 0 Å². The van der Waals surface area contributed by atoms with E-state index in [1.807, 2.05) is 0 Å². The summed E-state index contributed by atoms with van der Waals surface area (Å²) in [6, 6.07) is 6.38. The lowest BCUT2D eigenvalue weighted by atomic mass is 9.82. The normalized spacial score (nSPS) is 24.5. The zero-order valence-corrected chi connectivity index (χ0v) is 12.6. The summed E-state index contributed by atoms with van der Waals surface area (Å²) < 4.78 is 19.5. The molecule has 0 bridgehead atoms. The number of aliphatic hydroxyl groups excluding tert-OH is 1. The first-order valence-corrected chi connectivity index (χ1v) is 7.94. The summed E-state index contributed by atoms with van der Waals surface area (Å²) in [5.41, 5.74) is -0.0470. The lowest BCUT2D eigenvalue weighted by molar-refractivity contribution is -0.179. The van der Waals surface area contributed by atoms with Crippen molar-refractivity contribution in [1.82, 2.24) is 4.90 Å². The Bertz CT molecular complexity index is 540. The van der Waals surface area contributed by atoms with E-state index in [9.17, 15) is 14.3 Å². The van der Waals surface area contributed by atoms with Crippen LogP contribution in [0, 0.1) is 5.82 Å². The van der Waals surface area contributed by atoms with E-state index in [2.05, 4.69) is 0 Å². The molecule has 1 aromatic carbocycles. The van der Waals surface area contributed by atoms with E-state index < -0.39 is 11.7 Å². The maximum atomic E-state index is 13.6. The zero-order chi connectivity index (χ0) is 15.6. The van der Waals surface area contributed by atoms with Gasteiger partial charge in [-0.1, -0.05) is 18.2 Å². The second kappa shape index (κ2) is 6.34. The third-order valence-corrected chi connectivity index (χ3v) is 4.88. The Morgan fingerprint density at radius 3 is 2.77 bits per heavy atom. The smallest absolute Gasteiger partial charge is 0.227 e. The molecular weight excluding hydrogens is 285 g/mol. The van der Waals surface area contributed by atoms with Gasteiger partial charge in [0, 0.05) is 19.7 Å². The van der Waals surface area contributed by atoms with E-state index in [4.69, 9.17) is 4.74 Å². The molecule has 2 aliphatic rings. The van der Waals surface area contributed by atoms with Gasteiger partial charge in [-0.15, -0.1) is 0 Å². The average Bonchev–Trinajstić information content (AvgIpc) is 2.53. The van der Waals surface area contributed by atoms with E-state index in [0.29, 0.717) is 38.1 Å². The molecule has 0 aliphatic carbocycles. The molecule has 1 aromatic rings. The Labute approximate surface area is 129 Å². The molecule has 0 aromatic heterocycles. The molecule has 1 N–H and O–H groups in total. The highest BCUT2D eigenvalue weighted by Crippen LogP contribution is 2.35. The van der Waals surface area contributed by atoms with Crippen LogP contribution in [0.2, 0.25) is 0 Å². The molecule has 2 fully saturated rings. The van der Waals surface area contributed by atoms with E-state index in [0.717, 1.165) is 12.8 Å². The number of rotatable bonds is 2. The number of aliphatic hydroxyl groups is 1. The molecule has 2 aliphatic heterocycles. The number of carbonyl (C=O) groups excluding carboxylic acids is 1. The Hall–Kier alpha value is -1.46. The first-order chi connectivity index (χ1) is 10.6. The van der Waals surface area contributed by atoms with E-state index >= 15 is 0 Å². The topological polar surface area (TPSA) is 49.8 Å². The summed E-state index contributed by atoms with van der Waals surface area (Å²) in [7, 11) is 0. The van der Waals surface area contributed by atoms with Gasteiger partial charge in [-0.05, 0) is 37.3 Å². The molecule has 0 saturated carbocycles. The van der Waals surface area contributed by atoms with Crippen LogP contribution in [0.4, 0.5) is 4.39 Å². The van der Waals surface area contributed by atoms with Gasteiger partial charge in [0.25, 0.3) is 0 Å². The minimum Gasteiger partial charge on any atom is -0.390 e. The fraction of sp³-hybridized carbons (Fsp3) is 0.588. The number of hydrogen-bond acceptors (Lipinski definition) is 3. The fourth-order valence-electron chi connectivity index (χ4n) is 3.44. The molecule has 1 unspecified atom stereocenters. The van der Waals surface area contributed by atoms with Gasteiger partial charge in [0.1, 0.15) is 5.82 Å². The number of likely N-dealkylation sites (tertiary alicyclic amines) is 1. The van der Waals surface area contributed by atoms with Gasteiger partial charge in [0.2, 0.25) is 5.91 Å². The van der Waals surface area contributed by atoms with Gasteiger partial charge in [-0.3, -0.25) is 4.79 Å². The lowest BCUT2D eigenvalue weighted by Gasteiger charge is -2.46. The molecule has 2 heterocycles. The van der Waals surface area contributed by atoms with Crippen molar-refractivity contribution in [3.63, 3.8) is 0 Å². The second-order valence-electron chi connectivity index (χ2n) is 6.22. The van der Waals surface area contributed by atoms with E-state index in [1.165, 1.54) is 6.07 Å². The molecule has 22 heavy (non-hydrogen) atoms. The molecular formula is C17H22FNO3. The number of hydrogen-bond donors (Lipinski definition) is 1. The summed E-state index contributed by atoms with van der Waals surface area (Å²) in [6.45, 7) is 1.80. The Morgan fingerprint density at radius 2 is 2.09 bits per heavy atom. The van der Waals surface area contributed by atoms with Gasteiger partial charge in [-0.2, -0.15) is 0 Å². The predicted octanol–water partition coefficient (Wildman–Crippen LogP) is 1.90. The number of amides is 1. The number of halogens is 1. The Morgan fingerprint density at radius 1 is 1.36 bits per heavy atom. The van der Waals surface area contributed by atoms with Crippen molar-refractivity contribution in [2.45, 2.75) is 43.8 Å². The maximum Gasteiger partial charge on any atom is 0.227 e. The number of piperidine rings is 1. The molecule has 1 amide bonds. The van der Waals surface area contributed by atoms with Crippen LogP contribution in [0.3, 0.4) is 0 Å². The van der Waals surface area contributed by atoms with Crippen LogP contribution in [0.25, 0.3) is 0 Å². The SMILES string of the molecule is O=C(Cc1ccccc1F)N1CCC2(CC1)OCCCC2O. The molecule has 4 nitrogen and oxygen atoms in total. The van der Waals surface area contributed by atoms with Gasteiger partial charge >= 0.3 is 0 Å². The number of nitrogens with zero attached hydrogens (tertiary/aromatic N) is 1. The highest BCUT2D eigenvalue weighted by molar-refractivity contribution is 5.79. The molecule has 0 radical (unpaired) electrons. The first-order valence-electron chi connectivity index (χ1n) is 7.94. The van der Waals surface area contributed by atoms with Gasteiger partial charge in [0.15, 0.2) is 0 Å². The largest absolute Gasteiger partial charge is 0.390 e. The van der Waals surface area contributed by atoms with Gasteiger partial charge in [-0.25, -0.2) is 4.39 Å². The second-order valence-corrected chi connectivity index (χ2v) is 6.22. The van der Waals surface area contributed by atoms with Crippen LogP contribution in [-0.2, 0) is 16.0 Å². The molecule has 2 saturated heterocycles. The van der Waals surface area contributed by atoms with Crippen LogP contribution >= 0.6 is 0 Å². The first kappa shape index (κ1) is 15.4. The third kappa shape index (κ3) is 3.01. The van der Waals surface area contributed by atoms with Crippen molar-refractivity contribution in [1.29, 1.82) is 0 Å². The lowest BCUT2D eigenvalue weighted by Crippen LogP contribution is -2.56. The van der Waals surface area contributed by atoms with Crippen molar-refractivity contribution in [2.24, 2.45) is 0 Å². The van der Waals surface area contributed by atoms with E-state index in [1.54, 1.807) is 23.1 Å². The predicted molar refractivity (Wildman–Crippen MR) is 79.8 cm³/mol. The van der Waals surface area contributed by atoms with Crippen molar-refractivity contribution >= 4 is 5.91 Å². The third-order valence-electron chi connectivity index (χ3n) is 4.88. The average molecular weight is 307 g/mol. The summed E-state index contributed by atoms with van der Waals surface area (Å²) >= 11 is 0. The van der Waals surface area contributed by atoms with Gasteiger partial charge < -0.3 is 14.7 Å².